The summed E-state index contributed by atoms with van der Waals surface area (Å²) in [6, 6.07) is 20.5. The zero-order valence-corrected chi connectivity index (χ0v) is 17.4. The first-order valence-corrected chi connectivity index (χ1v) is 10.5. The van der Waals surface area contributed by atoms with E-state index in [0.29, 0.717) is 6.54 Å². The van der Waals surface area contributed by atoms with E-state index < -0.39 is 0 Å². The van der Waals surface area contributed by atoms with Gasteiger partial charge in [-0.3, -0.25) is 4.98 Å². The molecule has 30 heavy (non-hydrogen) atoms. The molecule has 0 unspecified atom stereocenters. The Balaban J connectivity index is 1.42. The van der Waals surface area contributed by atoms with Gasteiger partial charge in [0.25, 0.3) is 0 Å². The number of pyridine rings is 2. The molecule has 0 saturated carbocycles. The monoisotopic (exact) mass is 400 g/mol. The average Bonchev–Trinajstić information content (AvgIpc) is 2.83. The molecule has 0 spiro atoms. The van der Waals surface area contributed by atoms with Crippen molar-refractivity contribution in [1.29, 1.82) is 0 Å². The molecule has 6 nitrogen and oxygen atoms in total. The van der Waals surface area contributed by atoms with Gasteiger partial charge in [0.2, 0.25) is 0 Å². The number of benzene rings is 1. The Labute approximate surface area is 178 Å². The van der Waals surface area contributed by atoms with Gasteiger partial charge in [-0.05, 0) is 42.8 Å². The highest BCUT2D eigenvalue weighted by Gasteiger charge is 2.20. The summed E-state index contributed by atoms with van der Waals surface area (Å²) in [6.45, 7) is 7.35. The molecule has 1 aliphatic heterocycles. The van der Waals surface area contributed by atoms with Gasteiger partial charge in [0.1, 0.15) is 5.82 Å². The highest BCUT2D eigenvalue weighted by atomic mass is 15.4. The second-order valence-corrected chi connectivity index (χ2v) is 7.25. The zero-order valence-electron chi connectivity index (χ0n) is 17.4. The maximum Gasteiger partial charge on any atom is 0.194 e. The number of hydrogen-bond donors (Lipinski definition) is 1. The molecule has 0 atom stereocenters. The number of aromatic nitrogens is 2. The Hall–Kier alpha value is -3.41. The minimum atomic E-state index is 0.642. The Morgan fingerprint density at radius 1 is 0.933 bits per heavy atom. The van der Waals surface area contributed by atoms with Crippen molar-refractivity contribution in [1.82, 2.24) is 20.2 Å². The van der Waals surface area contributed by atoms with Gasteiger partial charge in [-0.2, -0.15) is 0 Å². The topological polar surface area (TPSA) is 56.7 Å². The molecular weight excluding hydrogens is 372 g/mol. The van der Waals surface area contributed by atoms with Crippen LogP contribution in [0, 0.1) is 0 Å². The first kappa shape index (κ1) is 19.9. The summed E-state index contributed by atoms with van der Waals surface area (Å²) in [4.78, 5) is 18.5. The highest BCUT2D eigenvalue weighted by molar-refractivity contribution is 5.80. The van der Waals surface area contributed by atoms with Crippen LogP contribution in [0.5, 0.6) is 0 Å². The third kappa shape index (κ3) is 4.95. The quantitative estimate of drug-likeness (QED) is 0.525. The number of rotatable bonds is 5. The molecule has 3 aromatic rings. The summed E-state index contributed by atoms with van der Waals surface area (Å²) in [5.74, 6) is 2.02. The zero-order chi connectivity index (χ0) is 20.6. The second kappa shape index (κ2) is 9.87. The van der Waals surface area contributed by atoms with E-state index in [1.807, 2.05) is 42.7 Å². The summed E-state index contributed by atoms with van der Waals surface area (Å²) < 4.78 is 0. The summed E-state index contributed by atoms with van der Waals surface area (Å²) in [7, 11) is 0. The lowest BCUT2D eigenvalue weighted by atomic mass is 10.1. The van der Waals surface area contributed by atoms with Gasteiger partial charge in [0, 0.05) is 50.7 Å². The molecule has 0 aliphatic carbocycles. The molecule has 4 rings (SSSR count). The van der Waals surface area contributed by atoms with Crippen LogP contribution >= 0.6 is 0 Å². The van der Waals surface area contributed by atoms with Crippen molar-refractivity contribution < 1.29 is 0 Å². The van der Waals surface area contributed by atoms with Crippen LogP contribution in [0.2, 0.25) is 0 Å². The van der Waals surface area contributed by atoms with Crippen LogP contribution in [0.4, 0.5) is 5.82 Å². The Bertz CT molecular complexity index is 950. The van der Waals surface area contributed by atoms with Crippen LogP contribution < -0.4 is 10.2 Å². The standard InChI is InChI=1S/C24H28N6/c1-2-25-24(30-16-14-29(15-17-30)23-11-4-6-13-27-23)28-19-20-8-7-9-21(18-20)22-10-3-5-12-26-22/h3-13,18H,2,14-17,19H2,1H3,(H,25,28). The predicted octanol–water partition coefficient (Wildman–Crippen LogP) is 3.43. The SMILES string of the molecule is CCNC(=NCc1cccc(-c2ccccn2)c1)N1CCN(c2ccccn2)CC1. The number of anilines is 1. The van der Waals surface area contributed by atoms with Crippen LogP contribution in [-0.2, 0) is 6.54 Å². The maximum atomic E-state index is 4.92. The first-order valence-electron chi connectivity index (χ1n) is 10.5. The van der Waals surface area contributed by atoms with Crippen molar-refractivity contribution >= 4 is 11.8 Å². The van der Waals surface area contributed by atoms with Gasteiger partial charge >= 0.3 is 0 Å². The second-order valence-electron chi connectivity index (χ2n) is 7.25. The molecule has 2 aromatic heterocycles. The minimum absolute atomic E-state index is 0.642. The molecule has 6 heteroatoms. The van der Waals surface area contributed by atoms with Crippen molar-refractivity contribution in [2.24, 2.45) is 4.99 Å². The number of guanidine groups is 1. The molecule has 1 saturated heterocycles. The minimum Gasteiger partial charge on any atom is -0.357 e. The lowest BCUT2D eigenvalue weighted by Crippen LogP contribution is -2.52. The molecule has 1 N–H and O–H groups in total. The number of hydrogen-bond acceptors (Lipinski definition) is 4. The summed E-state index contributed by atoms with van der Waals surface area (Å²) in [5.41, 5.74) is 3.29. The van der Waals surface area contributed by atoms with E-state index in [1.54, 1.807) is 0 Å². The molecule has 1 aromatic carbocycles. The Morgan fingerprint density at radius 3 is 2.43 bits per heavy atom. The lowest BCUT2D eigenvalue weighted by molar-refractivity contribution is 0.371. The van der Waals surface area contributed by atoms with Crippen molar-refractivity contribution in [2.75, 3.05) is 37.6 Å². The Morgan fingerprint density at radius 2 is 1.73 bits per heavy atom. The van der Waals surface area contributed by atoms with Gasteiger partial charge in [-0.25, -0.2) is 9.98 Å². The van der Waals surface area contributed by atoms with Crippen molar-refractivity contribution in [3.8, 4) is 11.3 Å². The van der Waals surface area contributed by atoms with Gasteiger partial charge in [0.15, 0.2) is 5.96 Å². The normalized spacial score (nSPS) is 14.6. The molecule has 1 aliphatic rings. The van der Waals surface area contributed by atoms with E-state index in [0.717, 1.165) is 55.8 Å². The number of nitrogens with one attached hydrogen (secondary N) is 1. The third-order valence-electron chi connectivity index (χ3n) is 5.19. The lowest BCUT2D eigenvalue weighted by Gasteiger charge is -2.37. The fourth-order valence-corrected chi connectivity index (χ4v) is 3.64. The molecule has 3 heterocycles. The summed E-state index contributed by atoms with van der Waals surface area (Å²) in [6.07, 6.45) is 3.68. The molecule has 0 amide bonds. The van der Waals surface area contributed by atoms with Crippen molar-refractivity contribution in [2.45, 2.75) is 13.5 Å². The molecule has 0 radical (unpaired) electrons. The van der Waals surface area contributed by atoms with E-state index in [2.05, 4.69) is 62.3 Å². The van der Waals surface area contributed by atoms with Gasteiger partial charge < -0.3 is 15.1 Å². The van der Waals surface area contributed by atoms with Gasteiger partial charge in [0.05, 0.1) is 12.2 Å². The van der Waals surface area contributed by atoms with Gasteiger partial charge in [-0.1, -0.05) is 30.3 Å². The van der Waals surface area contributed by atoms with Crippen LogP contribution in [-0.4, -0.2) is 53.6 Å². The third-order valence-corrected chi connectivity index (χ3v) is 5.19. The van der Waals surface area contributed by atoms with Gasteiger partial charge in [-0.15, -0.1) is 0 Å². The first-order chi connectivity index (χ1) is 14.8. The van der Waals surface area contributed by atoms with E-state index in [4.69, 9.17) is 4.99 Å². The van der Waals surface area contributed by atoms with Crippen LogP contribution in [0.15, 0.2) is 78.0 Å². The Kier molecular flexibility index (Phi) is 6.54. The molecule has 154 valence electrons. The van der Waals surface area contributed by atoms with E-state index in [9.17, 15) is 0 Å². The smallest absolute Gasteiger partial charge is 0.194 e. The summed E-state index contributed by atoms with van der Waals surface area (Å²) in [5, 5.41) is 3.45. The molecule has 1 fully saturated rings. The fraction of sp³-hybridized carbons (Fsp3) is 0.292. The number of aliphatic imine (C=N–C) groups is 1. The predicted molar refractivity (Wildman–Crippen MR) is 123 cm³/mol. The van der Waals surface area contributed by atoms with Crippen LogP contribution in [0.25, 0.3) is 11.3 Å². The molecular formula is C24H28N6. The number of piperazine rings is 1. The van der Waals surface area contributed by atoms with E-state index >= 15 is 0 Å². The van der Waals surface area contributed by atoms with Crippen LogP contribution in [0.3, 0.4) is 0 Å². The van der Waals surface area contributed by atoms with E-state index in [-0.39, 0.29) is 0 Å². The maximum absolute atomic E-state index is 4.92. The van der Waals surface area contributed by atoms with Crippen LogP contribution in [0.1, 0.15) is 12.5 Å². The molecule has 0 bridgehead atoms. The fourth-order valence-electron chi connectivity index (χ4n) is 3.64. The summed E-state index contributed by atoms with van der Waals surface area (Å²) >= 11 is 0. The average molecular weight is 401 g/mol. The highest BCUT2D eigenvalue weighted by Crippen LogP contribution is 2.18. The number of nitrogens with zero attached hydrogens (tertiary/aromatic N) is 5. The van der Waals surface area contributed by atoms with Crippen molar-refractivity contribution in [3.05, 3.63) is 78.6 Å². The van der Waals surface area contributed by atoms with E-state index in [1.165, 1.54) is 5.56 Å². The van der Waals surface area contributed by atoms with Crippen molar-refractivity contribution in [3.63, 3.8) is 0 Å². The largest absolute Gasteiger partial charge is 0.357 e.